The summed E-state index contributed by atoms with van der Waals surface area (Å²) in [7, 11) is 1.97. The number of nitrogens with two attached hydrogens (primary N) is 1. The number of aromatic nitrogens is 3. The molecule has 0 bridgehead atoms. The topological polar surface area (TPSA) is 56.7 Å². The molecule has 1 aromatic carbocycles. The van der Waals surface area contributed by atoms with Gasteiger partial charge in [0.05, 0.1) is 6.54 Å². The minimum Gasteiger partial charge on any atom is -0.324 e. The van der Waals surface area contributed by atoms with Gasteiger partial charge in [0, 0.05) is 12.8 Å². The van der Waals surface area contributed by atoms with Gasteiger partial charge in [-0.2, -0.15) is 0 Å². The molecule has 0 radical (unpaired) electrons. The van der Waals surface area contributed by atoms with Gasteiger partial charge in [0.15, 0.2) is 5.16 Å². The highest BCUT2D eigenvalue weighted by Gasteiger charge is 2.25. The van der Waals surface area contributed by atoms with E-state index in [-0.39, 0.29) is 0 Å². The summed E-state index contributed by atoms with van der Waals surface area (Å²) in [6.07, 6.45) is 1.19. The predicted octanol–water partition coefficient (Wildman–Crippen LogP) is 1.71. The van der Waals surface area contributed by atoms with E-state index in [0.29, 0.717) is 12.5 Å². The summed E-state index contributed by atoms with van der Waals surface area (Å²) in [6, 6.07) is 8.67. The molecule has 3 rings (SSSR count). The molecule has 1 unspecified atom stereocenters. The molecular weight excluding hydrogens is 244 g/mol. The third-order valence-electron chi connectivity index (χ3n) is 3.48. The summed E-state index contributed by atoms with van der Waals surface area (Å²) < 4.78 is 1.98. The van der Waals surface area contributed by atoms with Gasteiger partial charge in [-0.1, -0.05) is 36.0 Å². The summed E-state index contributed by atoms with van der Waals surface area (Å²) >= 11 is 1.76. The van der Waals surface area contributed by atoms with Crippen molar-refractivity contribution < 1.29 is 0 Å². The van der Waals surface area contributed by atoms with E-state index < -0.39 is 0 Å². The smallest absolute Gasteiger partial charge is 0.191 e. The average molecular weight is 260 g/mol. The van der Waals surface area contributed by atoms with Crippen LogP contribution in [0.25, 0.3) is 0 Å². The van der Waals surface area contributed by atoms with Crippen molar-refractivity contribution in [3.05, 3.63) is 41.2 Å². The highest BCUT2D eigenvalue weighted by Crippen LogP contribution is 2.38. The van der Waals surface area contributed by atoms with Crippen LogP contribution in [-0.2, 0) is 20.0 Å². The maximum atomic E-state index is 5.59. The van der Waals surface area contributed by atoms with Gasteiger partial charge in [-0.15, -0.1) is 10.2 Å². The Labute approximate surface area is 111 Å². The summed E-state index contributed by atoms with van der Waals surface area (Å²) in [4.78, 5) is 0. The molecule has 0 fully saturated rings. The van der Waals surface area contributed by atoms with Crippen molar-refractivity contribution in [2.24, 2.45) is 12.8 Å². The van der Waals surface area contributed by atoms with Crippen LogP contribution in [0.2, 0.25) is 0 Å². The largest absolute Gasteiger partial charge is 0.324 e. The lowest BCUT2D eigenvalue weighted by Crippen LogP contribution is -2.19. The number of fused-ring (bicyclic) bond motifs is 1. The molecule has 18 heavy (non-hydrogen) atoms. The molecule has 94 valence electrons. The fourth-order valence-electron chi connectivity index (χ4n) is 2.34. The van der Waals surface area contributed by atoms with E-state index in [1.807, 2.05) is 11.6 Å². The lowest BCUT2D eigenvalue weighted by atomic mass is 9.79. The molecule has 1 aliphatic rings. The standard InChI is InChI=1S/C13H16N4S/c1-17-12(7-14)15-16-13(17)18-8-10-6-9-4-2-3-5-11(9)10/h2-5,10H,6-8,14H2,1H3. The molecule has 4 nitrogen and oxygen atoms in total. The molecular formula is C13H16N4S. The Bertz CT molecular complexity index is 564. The second kappa shape index (κ2) is 4.74. The first kappa shape index (κ1) is 11.7. The van der Waals surface area contributed by atoms with Crippen LogP contribution >= 0.6 is 11.8 Å². The van der Waals surface area contributed by atoms with Crippen LogP contribution in [0.5, 0.6) is 0 Å². The monoisotopic (exact) mass is 260 g/mol. The van der Waals surface area contributed by atoms with E-state index in [0.717, 1.165) is 16.7 Å². The van der Waals surface area contributed by atoms with Crippen LogP contribution in [0.15, 0.2) is 29.4 Å². The maximum Gasteiger partial charge on any atom is 0.191 e. The second-order valence-electron chi connectivity index (χ2n) is 4.57. The van der Waals surface area contributed by atoms with Gasteiger partial charge >= 0.3 is 0 Å². The first-order valence-corrected chi connectivity index (χ1v) is 7.07. The number of hydrogen-bond acceptors (Lipinski definition) is 4. The van der Waals surface area contributed by atoms with Crippen LogP contribution in [0.3, 0.4) is 0 Å². The normalized spacial score (nSPS) is 17.3. The van der Waals surface area contributed by atoms with Crippen LogP contribution in [0.4, 0.5) is 0 Å². The van der Waals surface area contributed by atoms with E-state index >= 15 is 0 Å². The van der Waals surface area contributed by atoms with Gasteiger partial charge in [0.25, 0.3) is 0 Å². The van der Waals surface area contributed by atoms with Crippen LogP contribution < -0.4 is 5.73 Å². The minimum atomic E-state index is 0.441. The summed E-state index contributed by atoms with van der Waals surface area (Å²) in [5.41, 5.74) is 8.57. The first-order chi connectivity index (χ1) is 8.79. The number of benzene rings is 1. The van der Waals surface area contributed by atoms with Gasteiger partial charge in [-0.25, -0.2) is 0 Å². The number of hydrogen-bond donors (Lipinski definition) is 1. The Morgan fingerprint density at radius 1 is 1.39 bits per heavy atom. The van der Waals surface area contributed by atoms with Crippen molar-refractivity contribution in [1.29, 1.82) is 0 Å². The van der Waals surface area contributed by atoms with E-state index in [9.17, 15) is 0 Å². The van der Waals surface area contributed by atoms with E-state index in [1.165, 1.54) is 17.5 Å². The number of nitrogens with zero attached hydrogens (tertiary/aromatic N) is 3. The molecule has 0 aliphatic heterocycles. The molecule has 1 heterocycles. The van der Waals surface area contributed by atoms with E-state index in [1.54, 1.807) is 11.8 Å². The zero-order valence-corrected chi connectivity index (χ0v) is 11.2. The van der Waals surface area contributed by atoms with Crippen molar-refractivity contribution in [1.82, 2.24) is 14.8 Å². The maximum absolute atomic E-state index is 5.59. The number of rotatable bonds is 4. The SMILES string of the molecule is Cn1c(CN)nnc1SCC1Cc2ccccc21. The summed E-state index contributed by atoms with van der Waals surface area (Å²) in [5.74, 6) is 2.56. The Morgan fingerprint density at radius 3 is 2.94 bits per heavy atom. The second-order valence-corrected chi connectivity index (χ2v) is 5.56. The zero-order valence-electron chi connectivity index (χ0n) is 10.3. The summed E-state index contributed by atoms with van der Waals surface area (Å²) in [5, 5.41) is 9.19. The zero-order chi connectivity index (χ0) is 12.5. The predicted molar refractivity (Wildman–Crippen MR) is 72.5 cm³/mol. The van der Waals surface area contributed by atoms with Gasteiger partial charge in [0.2, 0.25) is 0 Å². The van der Waals surface area contributed by atoms with Crippen molar-refractivity contribution >= 4 is 11.8 Å². The van der Waals surface area contributed by atoms with Crippen molar-refractivity contribution in [3.8, 4) is 0 Å². The van der Waals surface area contributed by atoms with E-state index in [4.69, 9.17) is 5.73 Å². The molecule has 0 saturated heterocycles. The Kier molecular flexibility index (Phi) is 3.09. The minimum absolute atomic E-state index is 0.441. The lowest BCUT2D eigenvalue weighted by molar-refractivity contribution is 0.672. The molecule has 0 amide bonds. The molecule has 0 saturated carbocycles. The fourth-order valence-corrected chi connectivity index (χ4v) is 3.38. The Balaban J connectivity index is 1.65. The Hall–Kier alpha value is -1.33. The van der Waals surface area contributed by atoms with Crippen molar-refractivity contribution in [3.63, 3.8) is 0 Å². The molecule has 0 spiro atoms. The third-order valence-corrected chi connectivity index (χ3v) is 4.67. The van der Waals surface area contributed by atoms with Crippen molar-refractivity contribution in [2.75, 3.05) is 5.75 Å². The fraction of sp³-hybridized carbons (Fsp3) is 0.385. The highest BCUT2D eigenvalue weighted by atomic mass is 32.2. The molecule has 2 N–H and O–H groups in total. The van der Waals surface area contributed by atoms with Crippen molar-refractivity contribution in [2.45, 2.75) is 24.0 Å². The number of thioether (sulfide) groups is 1. The average Bonchev–Trinajstić information content (AvgIpc) is 2.71. The molecule has 2 aromatic rings. The quantitative estimate of drug-likeness (QED) is 0.850. The Morgan fingerprint density at radius 2 is 2.22 bits per heavy atom. The first-order valence-electron chi connectivity index (χ1n) is 6.08. The van der Waals surface area contributed by atoms with E-state index in [2.05, 4.69) is 34.5 Å². The van der Waals surface area contributed by atoms with Crippen LogP contribution in [0, 0.1) is 0 Å². The lowest BCUT2D eigenvalue weighted by Gasteiger charge is -2.29. The highest BCUT2D eigenvalue weighted by molar-refractivity contribution is 7.99. The van der Waals surface area contributed by atoms with Crippen LogP contribution in [0.1, 0.15) is 22.9 Å². The van der Waals surface area contributed by atoms with Gasteiger partial charge < -0.3 is 10.3 Å². The van der Waals surface area contributed by atoms with Crippen LogP contribution in [-0.4, -0.2) is 20.5 Å². The molecule has 1 aliphatic carbocycles. The third kappa shape index (κ3) is 1.93. The molecule has 1 atom stereocenters. The van der Waals surface area contributed by atoms with Gasteiger partial charge in [-0.05, 0) is 23.5 Å². The molecule has 5 heteroatoms. The molecule has 1 aromatic heterocycles. The van der Waals surface area contributed by atoms with Gasteiger partial charge in [0.1, 0.15) is 5.82 Å². The van der Waals surface area contributed by atoms with Gasteiger partial charge in [-0.3, -0.25) is 0 Å². The summed E-state index contributed by atoms with van der Waals surface area (Å²) in [6.45, 7) is 0.441.